The number of halogens is 1. The fraction of sp³-hybridized carbons (Fsp3) is 0.429. The number of carbonyl (C=O) groups excluding carboxylic acids is 1. The van der Waals surface area contributed by atoms with E-state index >= 15 is 0 Å². The van der Waals surface area contributed by atoms with Gasteiger partial charge in [0.25, 0.3) is 0 Å². The van der Waals surface area contributed by atoms with Crippen LogP contribution in [-0.2, 0) is 4.79 Å². The van der Waals surface area contributed by atoms with Crippen molar-refractivity contribution < 1.29 is 14.7 Å². The van der Waals surface area contributed by atoms with E-state index < -0.39 is 5.97 Å². The summed E-state index contributed by atoms with van der Waals surface area (Å²) in [7, 11) is 0. The van der Waals surface area contributed by atoms with E-state index in [9.17, 15) is 9.59 Å². The first-order chi connectivity index (χ1) is 9.47. The first-order valence-electron chi connectivity index (χ1n) is 6.56. The van der Waals surface area contributed by atoms with Gasteiger partial charge in [0.15, 0.2) is 0 Å². The molecule has 2 rings (SSSR count). The highest BCUT2D eigenvalue weighted by Gasteiger charge is 2.24. The molecule has 0 aromatic heterocycles. The zero-order valence-corrected chi connectivity index (χ0v) is 11.7. The van der Waals surface area contributed by atoms with Gasteiger partial charge in [-0.3, -0.25) is 4.79 Å². The molecular formula is C14H17ClN2O3. The number of rotatable bonds is 3. The van der Waals surface area contributed by atoms with Crippen LogP contribution in [0.3, 0.4) is 0 Å². The zero-order chi connectivity index (χ0) is 14.7. The smallest absolute Gasteiger partial charge is 0.337 e. The highest BCUT2D eigenvalue weighted by Crippen LogP contribution is 2.26. The summed E-state index contributed by atoms with van der Waals surface area (Å²) in [6.07, 6.45) is 3.23. The molecule has 0 heterocycles. The van der Waals surface area contributed by atoms with E-state index in [0.717, 1.165) is 25.7 Å². The van der Waals surface area contributed by atoms with Crippen molar-refractivity contribution in [2.45, 2.75) is 31.7 Å². The molecule has 0 aliphatic heterocycles. The molecule has 0 bridgehead atoms. The highest BCUT2D eigenvalue weighted by molar-refractivity contribution is 6.33. The lowest BCUT2D eigenvalue weighted by atomic mass is 9.86. The van der Waals surface area contributed by atoms with Crippen molar-refractivity contribution in [3.8, 4) is 0 Å². The van der Waals surface area contributed by atoms with E-state index in [1.165, 1.54) is 12.1 Å². The third-order valence-corrected chi connectivity index (χ3v) is 3.94. The van der Waals surface area contributed by atoms with Gasteiger partial charge in [-0.1, -0.05) is 11.6 Å². The van der Waals surface area contributed by atoms with Gasteiger partial charge in [0.2, 0.25) is 5.91 Å². The Morgan fingerprint density at radius 1 is 1.25 bits per heavy atom. The van der Waals surface area contributed by atoms with Crippen LogP contribution >= 0.6 is 11.6 Å². The number of carbonyl (C=O) groups is 2. The van der Waals surface area contributed by atoms with E-state index in [1.807, 2.05) is 0 Å². The predicted octanol–water partition coefficient (Wildman–Crippen LogP) is 2.49. The minimum Gasteiger partial charge on any atom is -0.478 e. The monoisotopic (exact) mass is 296 g/mol. The van der Waals surface area contributed by atoms with Crippen molar-refractivity contribution in [3.05, 3.63) is 28.8 Å². The molecule has 1 aromatic rings. The van der Waals surface area contributed by atoms with Gasteiger partial charge < -0.3 is 16.2 Å². The molecule has 1 amide bonds. The van der Waals surface area contributed by atoms with Crippen LogP contribution in [0, 0.1) is 5.92 Å². The van der Waals surface area contributed by atoms with Crippen LogP contribution in [-0.4, -0.2) is 23.0 Å². The van der Waals surface area contributed by atoms with Crippen molar-refractivity contribution in [2.75, 3.05) is 5.32 Å². The van der Waals surface area contributed by atoms with Gasteiger partial charge in [-0.25, -0.2) is 4.79 Å². The summed E-state index contributed by atoms with van der Waals surface area (Å²) in [5.41, 5.74) is 6.24. The molecule has 0 spiro atoms. The predicted molar refractivity (Wildman–Crippen MR) is 77.0 cm³/mol. The number of aromatic carboxylic acids is 1. The van der Waals surface area contributed by atoms with Gasteiger partial charge in [0.05, 0.1) is 10.6 Å². The van der Waals surface area contributed by atoms with E-state index in [-0.39, 0.29) is 28.5 Å². The van der Waals surface area contributed by atoms with Crippen LogP contribution in [0.1, 0.15) is 36.0 Å². The topological polar surface area (TPSA) is 92.4 Å². The maximum Gasteiger partial charge on any atom is 0.337 e. The minimum absolute atomic E-state index is 0.0184. The molecule has 0 radical (unpaired) electrons. The Bertz CT molecular complexity index is 525. The number of nitrogens with two attached hydrogens (primary N) is 1. The average Bonchev–Trinajstić information content (AvgIpc) is 2.41. The maximum absolute atomic E-state index is 12.1. The van der Waals surface area contributed by atoms with Gasteiger partial charge in [0, 0.05) is 17.6 Å². The van der Waals surface area contributed by atoms with E-state index in [4.69, 9.17) is 22.4 Å². The summed E-state index contributed by atoms with van der Waals surface area (Å²) in [5.74, 6) is -1.26. The molecule has 4 N–H and O–H groups in total. The Balaban J connectivity index is 2.04. The fourth-order valence-electron chi connectivity index (χ4n) is 2.39. The van der Waals surface area contributed by atoms with E-state index in [1.54, 1.807) is 6.07 Å². The van der Waals surface area contributed by atoms with Crippen LogP contribution in [0.25, 0.3) is 0 Å². The third-order valence-electron chi connectivity index (χ3n) is 3.61. The fourth-order valence-corrected chi connectivity index (χ4v) is 2.59. The van der Waals surface area contributed by atoms with Crippen LogP contribution in [0.4, 0.5) is 5.69 Å². The van der Waals surface area contributed by atoms with Gasteiger partial charge in [0.1, 0.15) is 0 Å². The maximum atomic E-state index is 12.1. The molecule has 1 aliphatic rings. The third kappa shape index (κ3) is 3.49. The van der Waals surface area contributed by atoms with E-state index in [2.05, 4.69) is 5.32 Å². The number of carboxylic acid groups (broad SMARTS) is 1. The molecule has 1 saturated carbocycles. The molecule has 1 fully saturated rings. The van der Waals surface area contributed by atoms with Crippen LogP contribution in [0.2, 0.25) is 5.02 Å². The number of carboxylic acids is 1. The van der Waals surface area contributed by atoms with Gasteiger partial charge in [-0.15, -0.1) is 0 Å². The summed E-state index contributed by atoms with van der Waals surface area (Å²) in [6.45, 7) is 0. The van der Waals surface area contributed by atoms with Crippen molar-refractivity contribution in [1.29, 1.82) is 0 Å². The summed E-state index contributed by atoms with van der Waals surface area (Å²) < 4.78 is 0. The zero-order valence-electron chi connectivity index (χ0n) is 10.9. The molecule has 0 atom stereocenters. The molecule has 6 heteroatoms. The van der Waals surface area contributed by atoms with Crippen molar-refractivity contribution in [1.82, 2.24) is 0 Å². The Labute approximate surface area is 122 Å². The Hall–Kier alpha value is -1.59. The average molecular weight is 297 g/mol. The van der Waals surface area contributed by atoms with E-state index in [0.29, 0.717) is 5.69 Å². The second-order valence-corrected chi connectivity index (χ2v) is 5.51. The lowest BCUT2D eigenvalue weighted by Gasteiger charge is -2.25. The van der Waals surface area contributed by atoms with Crippen molar-refractivity contribution in [2.24, 2.45) is 11.7 Å². The van der Waals surface area contributed by atoms with Crippen molar-refractivity contribution in [3.63, 3.8) is 0 Å². The summed E-state index contributed by atoms with van der Waals surface area (Å²) in [6, 6.07) is 4.63. The summed E-state index contributed by atoms with van der Waals surface area (Å²) in [5, 5.41) is 11.9. The molecule has 0 unspecified atom stereocenters. The Morgan fingerprint density at radius 3 is 2.50 bits per heavy atom. The molecule has 1 aliphatic carbocycles. The number of anilines is 1. The lowest BCUT2D eigenvalue weighted by Crippen LogP contribution is -2.32. The second kappa shape index (κ2) is 6.24. The Morgan fingerprint density at radius 2 is 1.90 bits per heavy atom. The van der Waals surface area contributed by atoms with Crippen LogP contribution in [0.5, 0.6) is 0 Å². The summed E-state index contributed by atoms with van der Waals surface area (Å²) >= 11 is 5.79. The first kappa shape index (κ1) is 14.8. The minimum atomic E-state index is -1.12. The number of hydrogen-bond acceptors (Lipinski definition) is 3. The highest BCUT2D eigenvalue weighted by atomic mass is 35.5. The molecule has 1 aromatic carbocycles. The summed E-state index contributed by atoms with van der Waals surface area (Å²) in [4.78, 5) is 23.1. The standard InChI is InChI=1S/C14H17ClN2O3/c15-12-6-5-10(7-11(12)14(19)20)17-13(18)8-1-3-9(16)4-2-8/h5-9H,1-4,16H2,(H,17,18)(H,19,20). The van der Waals surface area contributed by atoms with Crippen LogP contribution < -0.4 is 11.1 Å². The SMILES string of the molecule is NC1CCC(C(=O)Nc2ccc(Cl)c(C(=O)O)c2)CC1. The molecule has 0 saturated heterocycles. The number of hydrogen-bond donors (Lipinski definition) is 3. The van der Waals surface area contributed by atoms with Gasteiger partial charge in [-0.2, -0.15) is 0 Å². The van der Waals surface area contributed by atoms with Crippen molar-refractivity contribution >= 4 is 29.2 Å². The lowest BCUT2D eigenvalue weighted by molar-refractivity contribution is -0.120. The number of benzene rings is 1. The normalized spacial score (nSPS) is 22.3. The number of nitrogens with one attached hydrogen (secondary N) is 1. The first-order valence-corrected chi connectivity index (χ1v) is 6.94. The molecule has 108 valence electrons. The molecule has 20 heavy (non-hydrogen) atoms. The second-order valence-electron chi connectivity index (χ2n) is 5.10. The van der Waals surface area contributed by atoms with Gasteiger partial charge >= 0.3 is 5.97 Å². The van der Waals surface area contributed by atoms with Crippen LogP contribution in [0.15, 0.2) is 18.2 Å². The molecular weight excluding hydrogens is 280 g/mol. The quantitative estimate of drug-likeness (QED) is 0.799. The van der Waals surface area contributed by atoms with Gasteiger partial charge in [-0.05, 0) is 43.9 Å². The molecule has 5 nitrogen and oxygen atoms in total. The Kier molecular flexibility index (Phi) is 4.62. The largest absolute Gasteiger partial charge is 0.478 e. The number of amides is 1.